The largest absolute Gasteiger partial charge is 0.493 e. The zero-order valence-electron chi connectivity index (χ0n) is 16.4. The van der Waals surface area contributed by atoms with E-state index in [0.29, 0.717) is 18.2 Å². The highest BCUT2D eigenvalue weighted by molar-refractivity contribution is 5.77. The van der Waals surface area contributed by atoms with E-state index in [0.717, 1.165) is 24.5 Å². The second-order valence-electron chi connectivity index (χ2n) is 8.64. The normalized spacial score (nSPS) is 27.7. The fourth-order valence-electron chi connectivity index (χ4n) is 5.29. The lowest BCUT2D eigenvalue weighted by molar-refractivity contribution is -0.0628. The van der Waals surface area contributed by atoms with Gasteiger partial charge in [-0.2, -0.15) is 0 Å². The third-order valence-electron chi connectivity index (χ3n) is 6.81. The molecule has 0 radical (unpaired) electrons. The molecule has 2 aromatic carbocycles. The van der Waals surface area contributed by atoms with Crippen LogP contribution in [0.15, 0.2) is 24.3 Å². The van der Waals surface area contributed by atoms with Crippen LogP contribution in [-0.4, -0.2) is 23.4 Å². The fourth-order valence-corrected chi connectivity index (χ4v) is 5.29. The molecular weight excluding hydrogens is 367 g/mol. The van der Waals surface area contributed by atoms with Crippen LogP contribution in [0.1, 0.15) is 45.6 Å². The van der Waals surface area contributed by atoms with Gasteiger partial charge in [0.2, 0.25) is 0 Å². The topological polar surface area (TPSA) is 41.5 Å². The van der Waals surface area contributed by atoms with Crippen molar-refractivity contribution in [2.75, 3.05) is 12.4 Å². The Morgan fingerprint density at radius 3 is 2.36 bits per heavy atom. The second-order valence-corrected chi connectivity index (χ2v) is 8.64. The number of hydrogen-bond donors (Lipinski definition) is 2. The second kappa shape index (κ2) is 5.89. The number of methoxy groups -OCH3 is 1. The van der Waals surface area contributed by atoms with E-state index >= 15 is 4.39 Å². The van der Waals surface area contributed by atoms with E-state index in [2.05, 4.69) is 5.32 Å². The number of nitrogens with one attached hydrogen (secondary N) is 1. The quantitative estimate of drug-likeness (QED) is 0.743. The van der Waals surface area contributed by atoms with E-state index in [1.807, 2.05) is 20.8 Å². The first-order chi connectivity index (χ1) is 13.0. The summed E-state index contributed by atoms with van der Waals surface area (Å²) in [6, 6.07) is 4.72. The molecule has 1 aliphatic heterocycles. The molecule has 0 spiro atoms. The van der Waals surface area contributed by atoms with Crippen LogP contribution in [0.2, 0.25) is 0 Å². The number of benzene rings is 2. The summed E-state index contributed by atoms with van der Waals surface area (Å²) in [5.41, 5.74) is -0.896. The van der Waals surface area contributed by atoms with Gasteiger partial charge in [0.05, 0.1) is 18.2 Å². The van der Waals surface area contributed by atoms with E-state index in [1.165, 1.54) is 13.2 Å². The SMILES string of the molecule is COc1c(F)cc(F)cc1-c1cc2c(cc1F)NC(C)(C)C1(O)CCCC21C. The monoisotopic (exact) mass is 391 g/mol. The maximum absolute atomic E-state index is 15.1. The summed E-state index contributed by atoms with van der Waals surface area (Å²) in [7, 11) is 1.26. The lowest BCUT2D eigenvalue weighted by Crippen LogP contribution is -2.65. The molecule has 1 saturated carbocycles. The minimum atomic E-state index is -1.03. The van der Waals surface area contributed by atoms with E-state index in [1.54, 1.807) is 6.07 Å². The summed E-state index contributed by atoms with van der Waals surface area (Å²) in [6.07, 6.45) is 2.19. The highest BCUT2D eigenvalue weighted by Gasteiger charge is 2.62. The molecule has 3 nitrogen and oxygen atoms in total. The number of halogens is 3. The molecule has 2 aromatic rings. The molecule has 150 valence electrons. The van der Waals surface area contributed by atoms with Crippen molar-refractivity contribution < 1.29 is 23.0 Å². The van der Waals surface area contributed by atoms with Gasteiger partial charge in [0, 0.05) is 28.3 Å². The van der Waals surface area contributed by atoms with Crippen molar-refractivity contribution in [2.24, 2.45) is 0 Å². The Bertz CT molecular complexity index is 975. The highest BCUT2D eigenvalue weighted by Crippen LogP contribution is 2.59. The Balaban J connectivity index is 1.99. The summed E-state index contributed by atoms with van der Waals surface area (Å²) < 4.78 is 48.2. The molecule has 4 rings (SSSR count). The van der Waals surface area contributed by atoms with Gasteiger partial charge in [-0.05, 0) is 56.9 Å². The molecule has 6 heteroatoms. The molecule has 1 aliphatic carbocycles. The molecule has 1 fully saturated rings. The number of fused-ring (bicyclic) bond motifs is 3. The minimum absolute atomic E-state index is 0.00951. The fraction of sp³-hybridized carbons (Fsp3) is 0.455. The molecular formula is C22H24F3NO2. The van der Waals surface area contributed by atoms with Crippen LogP contribution in [-0.2, 0) is 5.41 Å². The highest BCUT2D eigenvalue weighted by atomic mass is 19.1. The molecule has 2 unspecified atom stereocenters. The number of ether oxygens (including phenoxy) is 1. The molecule has 2 aliphatic rings. The van der Waals surface area contributed by atoms with Crippen LogP contribution in [0, 0.1) is 17.5 Å². The Morgan fingerprint density at radius 2 is 1.68 bits per heavy atom. The molecule has 28 heavy (non-hydrogen) atoms. The van der Waals surface area contributed by atoms with Crippen molar-refractivity contribution in [1.82, 2.24) is 0 Å². The van der Waals surface area contributed by atoms with Crippen molar-refractivity contribution in [1.29, 1.82) is 0 Å². The molecule has 0 bridgehead atoms. The van der Waals surface area contributed by atoms with Gasteiger partial charge in [-0.1, -0.05) is 6.92 Å². The van der Waals surface area contributed by atoms with E-state index in [-0.39, 0.29) is 16.9 Å². The molecule has 0 aromatic heterocycles. The summed E-state index contributed by atoms with van der Waals surface area (Å²) in [4.78, 5) is 0. The van der Waals surface area contributed by atoms with Gasteiger partial charge in [0.15, 0.2) is 11.6 Å². The predicted molar refractivity (Wildman–Crippen MR) is 102 cm³/mol. The van der Waals surface area contributed by atoms with Gasteiger partial charge in [0.25, 0.3) is 0 Å². The van der Waals surface area contributed by atoms with E-state index < -0.39 is 34.0 Å². The van der Waals surface area contributed by atoms with E-state index in [9.17, 15) is 13.9 Å². The van der Waals surface area contributed by atoms with Crippen LogP contribution in [0.3, 0.4) is 0 Å². The standard InChI is InChI=1S/C22H24F3NO2/c1-20(2)22(27)7-5-6-21(22,3)15-10-13(16(24)11-18(15)26-20)14-8-12(23)9-17(25)19(14)28-4/h8-11,26-27H,5-7H2,1-4H3. The summed E-state index contributed by atoms with van der Waals surface area (Å²) in [5.74, 6) is -2.53. The van der Waals surface area contributed by atoms with Gasteiger partial charge < -0.3 is 15.2 Å². The summed E-state index contributed by atoms with van der Waals surface area (Å²) in [5, 5.41) is 14.8. The van der Waals surface area contributed by atoms with Crippen LogP contribution in [0.25, 0.3) is 11.1 Å². The first-order valence-electron chi connectivity index (χ1n) is 9.42. The van der Waals surface area contributed by atoms with Crippen molar-refractivity contribution in [2.45, 2.75) is 56.6 Å². The average molecular weight is 391 g/mol. The van der Waals surface area contributed by atoms with Crippen LogP contribution in [0.4, 0.5) is 18.9 Å². The molecule has 2 atom stereocenters. The Labute approximate surface area is 162 Å². The minimum Gasteiger partial charge on any atom is -0.493 e. The smallest absolute Gasteiger partial charge is 0.168 e. The van der Waals surface area contributed by atoms with Crippen molar-refractivity contribution in [3.05, 3.63) is 47.3 Å². The average Bonchev–Trinajstić information content (AvgIpc) is 2.91. The van der Waals surface area contributed by atoms with Crippen LogP contribution in [0.5, 0.6) is 5.75 Å². The maximum Gasteiger partial charge on any atom is 0.168 e. The molecule has 0 saturated heterocycles. The Kier molecular flexibility index (Phi) is 4.03. The van der Waals surface area contributed by atoms with Gasteiger partial charge in [-0.25, -0.2) is 13.2 Å². The number of aliphatic hydroxyl groups is 1. The third-order valence-corrected chi connectivity index (χ3v) is 6.81. The first-order valence-corrected chi connectivity index (χ1v) is 9.42. The zero-order chi connectivity index (χ0) is 20.5. The summed E-state index contributed by atoms with van der Waals surface area (Å²) in [6.45, 7) is 5.80. The summed E-state index contributed by atoms with van der Waals surface area (Å²) >= 11 is 0. The number of hydrogen-bond acceptors (Lipinski definition) is 3. The predicted octanol–water partition coefficient (Wildman–Crippen LogP) is 5.16. The Hall–Kier alpha value is -2.21. The molecule has 0 amide bonds. The van der Waals surface area contributed by atoms with Gasteiger partial charge in [-0.3, -0.25) is 0 Å². The lowest BCUT2D eigenvalue weighted by atomic mass is 9.60. The Morgan fingerprint density at radius 1 is 0.964 bits per heavy atom. The molecule has 1 heterocycles. The zero-order valence-corrected chi connectivity index (χ0v) is 16.4. The van der Waals surface area contributed by atoms with Gasteiger partial charge in [0.1, 0.15) is 11.6 Å². The van der Waals surface area contributed by atoms with Gasteiger partial charge >= 0.3 is 0 Å². The van der Waals surface area contributed by atoms with Crippen molar-refractivity contribution >= 4 is 5.69 Å². The number of anilines is 1. The maximum atomic E-state index is 15.1. The van der Waals surface area contributed by atoms with E-state index in [4.69, 9.17) is 4.74 Å². The first kappa shape index (κ1) is 19.1. The van der Waals surface area contributed by atoms with Crippen LogP contribution < -0.4 is 10.1 Å². The van der Waals surface area contributed by atoms with Crippen molar-refractivity contribution in [3.8, 4) is 16.9 Å². The number of rotatable bonds is 2. The van der Waals surface area contributed by atoms with Crippen molar-refractivity contribution in [3.63, 3.8) is 0 Å². The molecule has 2 N–H and O–H groups in total. The lowest BCUT2D eigenvalue weighted by Gasteiger charge is -2.55. The van der Waals surface area contributed by atoms with Crippen LogP contribution >= 0.6 is 0 Å². The van der Waals surface area contributed by atoms with Gasteiger partial charge in [-0.15, -0.1) is 0 Å². The third kappa shape index (κ3) is 2.33.